The van der Waals surface area contributed by atoms with E-state index in [0.717, 1.165) is 12.2 Å². The molecule has 5 heteroatoms. The molecule has 0 bridgehead atoms. The Morgan fingerprint density at radius 2 is 2.19 bits per heavy atom. The molecule has 0 unspecified atom stereocenters. The standard InChI is InChI=1S/C16H19N3O2/c1-3-12-5-4-6-14(9-12)21-15-8-7-13(10-18-15)19-16(20)11(2)17/h4-11H,3,17H2,1-2H3,(H,19,20)/t11-/m1/s1. The Labute approximate surface area is 124 Å². The molecule has 0 saturated carbocycles. The van der Waals surface area contributed by atoms with Gasteiger partial charge in [0.2, 0.25) is 11.8 Å². The molecule has 1 atom stereocenters. The molecule has 0 aliphatic carbocycles. The molecule has 0 aliphatic rings. The van der Waals surface area contributed by atoms with Gasteiger partial charge in [-0.15, -0.1) is 0 Å². The summed E-state index contributed by atoms with van der Waals surface area (Å²) >= 11 is 0. The van der Waals surface area contributed by atoms with Crippen LogP contribution in [0.25, 0.3) is 0 Å². The molecule has 0 aliphatic heterocycles. The molecule has 0 spiro atoms. The summed E-state index contributed by atoms with van der Waals surface area (Å²) in [7, 11) is 0. The number of benzene rings is 1. The van der Waals surface area contributed by atoms with Gasteiger partial charge in [-0.2, -0.15) is 0 Å². The second kappa shape index (κ2) is 6.85. The number of hydrogen-bond donors (Lipinski definition) is 2. The Hall–Kier alpha value is -2.40. The minimum absolute atomic E-state index is 0.249. The second-order valence-corrected chi connectivity index (χ2v) is 4.77. The van der Waals surface area contributed by atoms with Gasteiger partial charge < -0.3 is 15.8 Å². The lowest BCUT2D eigenvalue weighted by Gasteiger charge is -2.09. The van der Waals surface area contributed by atoms with E-state index in [0.29, 0.717) is 11.6 Å². The Bertz CT molecular complexity index is 609. The van der Waals surface area contributed by atoms with E-state index in [4.69, 9.17) is 10.5 Å². The molecule has 5 nitrogen and oxygen atoms in total. The number of aryl methyl sites for hydroxylation is 1. The molecule has 1 amide bonds. The van der Waals surface area contributed by atoms with Crippen LogP contribution < -0.4 is 15.8 Å². The lowest BCUT2D eigenvalue weighted by atomic mass is 10.2. The van der Waals surface area contributed by atoms with E-state index in [1.54, 1.807) is 25.3 Å². The molecule has 110 valence electrons. The van der Waals surface area contributed by atoms with Crippen molar-refractivity contribution in [3.63, 3.8) is 0 Å². The fourth-order valence-corrected chi connectivity index (χ4v) is 1.72. The number of amides is 1. The van der Waals surface area contributed by atoms with Crippen molar-refractivity contribution in [2.75, 3.05) is 5.32 Å². The Balaban J connectivity index is 2.03. The third-order valence-corrected chi connectivity index (χ3v) is 2.95. The van der Waals surface area contributed by atoms with Crippen molar-refractivity contribution in [2.24, 2.45) is 5.73 Å². The van der Waals surface area contributed by atoms with Gasteiger partial charge in [0, 0.05) is 6.07 Å². The lowest BCUT2D eigenvalue weighted by molar-refractivity contribution is -0.117. The molecule has 1 aromatic heterocycles. The largest absolute Gasteiger partial charge is 0.439 e. The van der Waals surface area contributed by atoms with Crippen LogP contribution in [-0.4, -0.2) is 16.9 Å². The summed E-state index contributed by atoms with van der Waals surface area (Å²) in [5, 5.41) is 2.67. The van der Waals surface area contributed by atoms with Crippen LogP contribution in [0.1, 0.15) is 19.4 Å². The monoisotopic (exact) mass is 285 g/mol. The van der Waals surface area contributed by atoms with Crippen molar-refractivity contribution in [3.05, 3.63) is 48.2 Å². The number of nitrogens with two attached hydrogens (primary N) is 1. The minimum Gasteiger partial charge on any atom is -0.439 e. The number of carbonyl (C=O) groups excluding carboxylic acids is 1. The number of pyridine rings is 1. The third-order valence-electron chi connectivity index (χ3n) is 2.95. The predicted molar refractivity (Wildman–Crippen MR) is 82.4 cm³/mol. The first-order valence-electron chi connectivity index (χ1n) is 6.87. The highest BCUT2D eigenvalue weighted by Crippen LogP contribution is 2.21. The molecular weight excluding hydrogens is 266 g/mol. The van der Waals surface area contributed by atoms with Gasteiger partial charge in [-0.25, -0.2) is 4.98 Å². The smallest absolute Gasteiger partial charge is 0.241 e. The van der Waals surface area contributed by atoms with Gasteiger partial charge in [-0.05, 0) is 37.1 Å². The summed E-state index contributed by atoms with van der Waals surface area (Å²) in [6, 6.07) is 10.7. The van der Waals surface area contributed by atoms with Crippen molar-refractivity contribution in [3.8, 4) is 11.6 Å². The van der Waals surface area contributed by atoms with Crippen LogP contribution >= 0.6 is 0 Å². The number of aromatic nitrogens is 1. The van der Waals surface area contributed by atoms with Gasteiger partial charge >= 0.3 is 0 Å². The fraction of sp³-hybridized carbons (Fsp3) is 0.250. The van der Waals surface area contributed by atoms with Crippen LogP contribution in [0.15, 0.2) is 42.6 Å². The van der Waals surface area contributed by atoms with Crippen LogP contribution in [0.4, 0.5) is 5.69 Å². The van der Waals surface area contributed by atoms with Gasteiger partial charge in [0.15, 0.2) is 0 Å². The molecule has 21 heavy (non-hydrogen) atoms. The zero-order valence-corrected chi connectivity index (χ0v) is 12.2. The van der Waals surface area contributed by atoms with Crippen LogP contribution in [0, 0.1) is 0 Å². The molecule has 0 saturated heterocycles. The number of hydrogen-bond acceptors (Lipinski definition) is 4. The molecule has 3 N–H and O–H groups in total. The van der Waals surface area contributed by atoms with Crippen LogP contribution in [0.5, 0.6) is 11.6 Å². The highest BCUT2D eigenvalue weighted by Gasteiger charge is 2.07. The predicted octanol–water partition coefficient (Wildman–Crippen LogP) is 2.72. The highest BCUT2D eigenvalue weighted by molar-refractivity contribution is 5.94. The summed E-state index contributed by atoms with van der Waals surface area (Å²) < 4.78 is 5.68. The van der Waals surface area contributed by atoms with E-state index in [-0.39, 0.29) is 5.91 Å². The average Bonchev–Trinajstić information content (AvgIpc) is 2.49. The van der Waals surface area contributed by atoms with Crippen molar-refractivity contribution in [2.45, 2.75) is 26.3 Å². The van der Waals surface area contributed by atoms with E-state index in [1.807, 2.05) is 24.3 Å². The summed E-state index contributed by atoms with van der Waals surface area (Å²) in [6.07, 6.45) is 2.49. The first-order valence-corrected chi connectivity index (χ1v) is 6.87. The Morgan fingerprint density at radius 1 is 1.38 bits per heavy atom. The van der Waals surface area contributed by atoms with Crippen molar-refractivity contribution < 1.29 is 9.53 Å². The van der Waals surface area contributed by atoms with E-state index in [9.17, 15) is 4.79 Å². The molecule has 0 radical (unpaired) electrons. The van der Waals surface area contributed by atoms with Crippen molar-refractivity contribution in [1.29, 1.82) is 0 Å². The SMILES string of the molecule is CCc1cccc(Oc2ccc(NC(=O)[C@@H](C)N)cn2)c1. The molecular formula is C16H19N3O2. The maximum absolute atomic E-state index is 11.5. The third kappa shape index (κ3) is 4.29. The second-order valence-electron chi connectivity index (χ2n) is 4.77. The van der Waals surface area contributed by atoms with Crippen molar-refractivity contribution in [1.82, 2.24) is 4.98 Å². The Morgan fingerprint density at radius 3 is 2.81 bits per heavy atom. The Kier molecular flexibility index (Phi) is 4.90. The van der Waals surface area contributed by atoms with Crippen LogP contribution in [0.2, 0.25) is 0 Å². The zero-order valence-electron chi connectivity index (χ0n) is 12.2. The fourth-order valence-electron chi connectivity index (χ4n) is 1.72. The quantitative estimate of drug-likeness (QED) is 0.885. The number of anilines is 1. The summed E-state index contributed by atoms with van der Waals surface area (Å²) in [5.41, 5.74) is 7.28. The first-order chi connectivity index (χ1) is 10.1. The topological polar surface area (TPSA) is 77.2 Å². The normalized spacial score (nSPS) is 11.8. The first kappa shape index (κ1) is 15.0. The molecule has 1 heterocycles. The van der Waals surface area contributed by atoms with Crippen LogP contribution in [0.3, 0.4) is 0 Å². The van der Waals surface area contributed by atoms with Gasteiger partial charge in [0.25, 0.3) is 0 Å². The van der Waals surface area contributed by atoms with Gasteiger partial charge in [-0.1, -0.05) is 19.1 Å². The highest BCUT2D eigenvalue weighted by atomic mass is 16.5. The molecule has 0 fully saturated rings. The summed E-state index contributed by atoms with van der Waals surface area (Å²) in [4.78, 5) is 15.6. The lowest BCUT2D eigenvalue weighted by Crippen LogP contribution is -2.32. The van der Waals surface area contributed by atoms with E-state index < -0.39 is 6.04 Å². The van der Waals surface area contributed by atoms with Gasteiger partial charge in [-0.3, -0.25) is 4.79 Å². The summed E-state index contributed by atoms with van der Waals surface area (Å²) in [6.45, 7) is 3.72. The molecule has 2 rings (SSSR count). The maximum atomic E-state index is 11.5. The van der Waals surface area contributed by atoms with Gasteiger partial charge in [0.05, 0.1) is 17.9 Å². The van der Waals surface area contributed by atoms with E-state index in [2.05, 4.69) is 17.2 Å². The number of nitrogens with one attached hydrogen (secondary N) is 1. The number of nitrogens with zero attached hydrogens (tertiary/aromatic N) is 1. The van der Waals surface area contributed by atoms with Gasteiger partial charge in [0.1, 0.15) is 5.75 Å². The zero-order chi connectivity index (χ0) is 15.2. The number of ether oxygens (including phenoxy) is 1. The number of carbonyl (C=O) groups is 1. The average molecular weight is 285 g/mol. The summed E-state index contributed by atoms with van der Waals surface area (Å²) in [5.74, 6) is 0.970. The number of rotatable bonds is 5. The minimum atomic E-state index is -0.558. The van der Waals surface area contributed by atoms with Crippen LogP contribution in [-0.2, 0) is 11.2 Å². The van der Waals surface area contributed by atoms with E-state index >= 15 is 0 Å². The van der Waals surface area contributed by atoms with Crippen molar-refractivity contribution >= 4 is 11.6 Å². The molecule has 2 aromatic rings. The maximum Gasteiger partial charge on any atom is 0.241 e. The molecule has 1 aromatic carbocycles. The van der Waals surface area contributed by atoms with E-state index in [1.165, 1.54) is 5.56 Å².